The molecule has 2 heterocycles. The van der Waals surface area contributed by atoms with Crippen molar-refractivity contribution in [2.75, 3.05) is 7.11 Å². The molecule has 11 heteroatoms. The molecule has 0 radical (unpaired) electrons. The Balaban J connectivity index is 2.42. The van der Waals surface area contributed by atoms with E-state index in [1.165, 1.54) is 23.9 Å². The summed E-state index contributed by atoms with van der Waals surface area (Å²) in [6, 6.07) is 1.18. The molecule has 0 bridgehead atoms. The van der Waals surface area contributed by atoms with Crippen LogP contribution in [0.1, 0.15) is 54.2 Å². The largest absolute Gasteiger partial charge is 0.473 e. The first-order chi connectivity index (χ1) is 13.1. The van der Waals surface area contributed by atoms with Crippen molar-refractivity contribution in [2.45, 2.75) is 78.1 Å². The van der Waals surface area contributed by atoms with E-state index in [-0.39, 0.29) is 5.41 Å². The van der Waals surface area contributed by atoms with E-state index in [0.717, 1.165) is 0 Å². The number of rotatable bonds is 6. The molecule has 1 aliphatic heterocycles. The lowest BCUT2D eigenvalue weighted by molar-refractivity contribution is -0.0594. The van der Waals surface area contributed by atoms with Crippen molar-refractivity contribution in [2.24, 2.45) is 5.41 Å². The summed E-state index contributed by atoms with van der Waals surface area (Å²) in [6.45, 7) is 10.9. The van der Waals surface area contributed by atoms with Gasteiger partial charge in [0.1, 0.15) is 12.2 Å². The molecule has 2 rings (SSSR count). The number of phosphoric ester groups is 1. The van der Waals surface area contributed by atoms with Crippen LogP contribution in [0, 0.1) is 5.41 Å². The number of hydrogen-bond donors (Lipinski definition) is 2. The summed E-state index contributed by atoms with van der Waals surface area (Å²) < 4.78 is 36.0. The number of nitrogens with zero attached hydrogens (tertiary/aromatic N) is 1. The number of aromatic amines is 1. The van der Waals surface area contributed by atoms with Crippen molar-refractivity contribution >= 4 is 7.82 Å². The fraction of sp³-hybridized carbons (Fsp3) is 0.778. The van der Waals surface area contributed by atoms with Crippen molar-refractivity contribution in [3.05, 3.63) is 33.1 Å². The third-order valence-corrected chi connectivity index (χ3v) is 5.43. The van der Waals surface area contributed by atoms with Gasteiger partial charge < -0.3 is 14.4 Å². The minimum Gasteiger partial charge on any atom is -0.374 e. The normalized spacial score (nSPS) is 27.7. The van der Waals surface area contributed by atoms with Crippen molar-refractivity contribution in [1.29, 1.82) is 0 Å². The van der Waals surface area contributed by atoms with Crippen molar-refractivity contribution in [3.63, 3.8) is 0 Å². The molecule has 5 atom stereocenters. The standard InChI is InChI=1S/C18H31N2O8P/c1-17(2,3)10-11-13(27-29(23,24)28-18(4,5)6)14(25-7)15(26-11)20-9-8-12(21)19-16(20)22/h8-9,11,13-15H,10H2,1-7H3,(H,23,24)(H,19,21,22)/t11-,13+,14?,15-/m1/s1. The van der Waals surface area contributed by atoms with Gasteiger partial charge in [0.25, 0.3) is 5.56 Å². The third kappa shape index (κ3) is 6.60. The highest BCUT2D eigenvalue weighted by Crippen LogP contribution is 2.52. The Bertz CT molecular complexity index is 866. The fourth-order valence-electron chi connectivity index (χ4n) is 3.23. The average molecular weight is 434 g/mol. The Morgan fingerprint density at radius 3 is 2.31 bits per heavy atom. The maximum atomic E-state index is 12.6. The third-order valence-electron chi connectivity index (χ3n) is 4.14. The summed E-state index contributed by atoms with van der Waals surface area (Å²) >= 11 is 0. The first-order valence-electron chi connectivity index (χ1n) is 9.33. The van der Waals surface area contributed by atoms with Gasteiger partial charge in [-0.3, -0.25) is 23.4 Å². The van der Waals surface area contributed by atoms with Crippen LogP contribution >= 0.6 is 7.82 Å². The monoisotopic (exact) mass is 434 g/mol. The molecular weight excluding hydrogens is 403 g/mol. The van der Waals surface area contributed by atoms with Gasteiger partial charge in [0.05, 0.1) is 11.7 Å². The minimum absolute atomic E-state index is 0.209. The Kier molecular flexibility index (Phi) is 6.99. The van der Waals surface area contributed by atoms with E-state index in [9.17, 15) is 19.0 Å². The van der Waals surface area contributed by atoms with Gasteiger partial charge in [0.2, 0.25) is 0 Å². The van der Waals surface area contributed by atoms with E-state index in [4.69, 9.17) is 18.5 Å². The Morgan fingerprint density at radius 2 is 1.83 bits per heavy atom. The molecule has 0 aliphatic carbocycles. The number of aromatic nitrogens is 2. The van der Waals surface area contributed by atoms with Gasteiger partial charge in [-0.2, -0.15) is 0 Å². The highest BCUT2D eigenvalue weighted by atomic mass is 31.2. The molecule has 29 heavy (non-hydrogen) atoms. The minimum atomic E-state index is -4.46. The Labute approximate surface area is 169 Å². The maximum absolute atomic E-state index is 12.6. The van der Waals surface area contributed by atoms with Crippen LogP contribution in [0.3, 0.4) is 0 Å². The molecule has 10 nitrogen and oxygen atoms in total. The van der Waals surface area contributed by atoms with Crippen molar-refractivity contribution < 1.29 is 28.0 Å². The van der Waals surface area contributed by atoms with Crippen LogP contribution in [0.25, 0.3) is 0 Å². The van der Waals surface area contributed by atoms with Gasteiger partial charge in [0, 0.05) is 19.4 Å². The Morgan fingerprint density at radius 1 is 1.21 bits per heavy atom. The first-order valence-corrected chi connectivity index (χ1v) is 10.8. The highest BCUT2D eigenvalue weighted by Gasteiger charge is 2.51. The van der Waals surface area contributed by atoms with E-state index in [2.05, 4.69) is 4.98 Å². The second-order valence-corrected chi connectivity index (χ2v) is 10.6. The fourth-order valence-corrected chi connectivity index (χ4v) is 4.53. The summed E-state index contributed by atoms with van der Waals surface area (Å²) in [6.07, 6.45) is -1.75. The van der Waals surface area contributed by atoms with Gasteiger partial charge >= 0.3 is 13.5 Å². The zero-order valence-corrected chi connectivity index (χ0v) is 18.8. The quantitative estimate of drug-likeness (QED) is 0.652. The van der Waals surface area contributed by atoms with Gasteiger partial charge in [-0.05, 0) is 32.6 Å². The molecular formula is C18H31N2O8P. The Hall–Kier alpha value is -1.29. The van der Waals surface area contributed by atoms with Crippen LogP contribution in [0.2, 0.25) is 0 Å². The predicted molar refractivity (Wildman–Crippen MR) is 106 cm³/mol. The number of methoxy groups -OCH3 is 1. The van der Waals surface area contributed by atoms with Crippen LogP contribution < -0.4 is 11.2 Å². The molecule has 0 amide bonds. The summed E-state index contributed by atoms with van der Waals surface area (Å²) in [4.78, 5) is 36.1. The molecule has 0 aromatic carbocycles. The summed E-state index contributed by atoms with van der Waals surface area (Å²) in [5, 5.41) is 0. The molecule has 1 aromatic heterocycles. The molecule has 166 valence electrons. The lowest BCUT2D eigenvalue weighted by atomic mass is 9.87. The van der Waals surface area contributed by atoms with E-state index in [1.54, 1.807) is 20.8 Å². The van der Waals surface area contributed by atoms with E-state index < -0.39 is 49.2 Å². The smallest absolute Gasteiger partial charge is 0.374 e. The molecule has 2 N–H and O–H groups in total. The number of ether oxygens (including phenoxy) is 2. The van der Waals surface area contributed by atoms with Crippen molar-refractivity contribution in [1.82, 2.24) is 9.55 Å². The van der Waals surface area contributed by atoms with E-state index >= 15 is 0 Å². The van der Waals surface area contributed by atoms with Crippen molar-refractivity contribution in [3.8, 4) is 0 Å². The number of H-pyrrole nitrogens is 1. The first kappa shape index (κ1) is 24.0. The molecule has 1 aliphatic rings. The van der Waals surface area contributed by atoms with Gasteiger partial charge in [-0.1, -0.05) is 20.8 Å². The van der Waals surface area contributed by atoms with E-state index in [1.807, 2.05) is 20.8 Å². The second kappa shape index (κ2) is 8.45. The van der Waals surface area contributed by atoms with Gasteiger partial charge in [-0.15, -0.1) is 0 Å². The van der Waals surface area contributed by atoms with Crippen LogP contribution in [0.5, 0.6) is 0 Å². The average Bonchev–Trinajstić information content (AvgIpc) is 2.79. The second-order valence-electron chi connectivity index (χ2n) is 9.29. The highest BCUT2D eigenvalue weighted by molar-refractivity contribution is 7.47. The lowest BCUT2D eigenvalue weighted by Crippen LogP contribution is -2.40. The lowest BCUT2D eigenvalue weighted by Gasteiger charge is -2.30. The van der Waals surface area contributed by atoms with E-state index in [0.29, 0.717) is 6.42 Å². The van der Waals surface area contributed by atoms with Crippen LogP contribution in [-0.4, -0.2) is 45.5 Å². The maximum Gasteiger partial charge on any atom is 0.473 e. The van der Waals surface area contributed by atoms with Crippen LogP contribution in [0.4, 0.5) is 0 Å². The number of nitrogens with one attached hydrogen (secondary N) is 1. The van der Waals surface area contributed by atoms with Gasteiger partial charge in [-0.25, -0.2) is 9.36 Å². The molecule has 1 fully saturated rings. The molecule has 1 aromatic rings. The SMILES string of the molecule is COC1[C@@H](OP(=O)(O)OC(C)(C)C)[C@@H](CC(C)(C)C)O[C@H]1n1ccc(=O)[nH]c1=O. The summed E-state index contributed by atoms with van der Waals surface area (Å²) in [5.41, 5.74) is -2.35. The van der Waals surface area contributed by atoms with Crippen LogP contribution in [0.15, 0.2) is 21.9 Å². The molecule has 2 unspecified atom stereocenters. The summed E-state index contributed by atoms with van der Waals surface area (Å²) in [5.74, 6) is 0. The molecule has 0 saturated carbocycles. The molecule has 0 spiro atoms. The van der Waals surface area contributed by atoms with Crippen LogP contribution in [-0.2, 0) is 23.1 Å². The zero-order chi connectivity index (χ0) is 22.2. The number of hydrogen-bond acceptors (Lipinski definition) is 7. The predicted octanol–water partition coefficient (Wildman–Crippen LogP) is 2.19. The number of phosphoric acid groups is 1. The topological polar surface area (TPSA) is 129 Å². The van der Waals surface area contributed by atoms with Gasteiger partial charge in [0.15, 0.2) is 6.23 Å². The zero-order valence-electron chi connectivity index (χ0n) is 17.9. The summed E-state index contributed by atoms with van der Waals surface area (Å²) in [7, 11) is -3.07. The molecule has 1 saturated heterocycles.